The zero-order chi connectivity index (χ0) is 5.98. The van der Waals surface area contributed by atoms with Crippen LogP contribution in [-0.2, 0) is 19.5 Å². The van der Waals surface area contributed by atoms with E-state index in [-0.39, 0.29) is 31.9 Å². The van der Waals surface area contributed by atoms with Crippen molar-refractivity contribution in [1.82, 2.24) is 0 Å². The molecular formula is C6H3Br2ClZn-. The summed E-state index contributed by atoms with van der Waals surface area (Å²) in [4.78, 5) is 1.05. The van der Waals surface area contributed by atoms with Crippen molar-refractivity contribution in [2.45, 2.75) is 0 Å². The van der Waals surface area contributed by atoms with Gasteiger partial charge in [0.15, 0.2) is 0 Å². The molecule has 0 amide bonds. The molecule has 0 heterocycles. The van der Waals surface area contributed by atoms with Gasteiger partial charge >= 0.3 is 0 Å². The first kappa shape index (κ1) is 13.7. The zero-order valence-corrected chi connectivity index (χ0v) is 12.0. The first-order chi connectivity index (χ1) is 3.79. The van der Waals surface area contributed by atoms with E-state index in [1.807, 2.05) is 18.2 Å². The number of hydrogen-bond acceptors (Lipinski definition) is 0. The number of rotatable bonds is 0. The van der Waals surface area contributed by atoms with Crippen LogP contribution < -0.4 is 12.4 Å². The van der Waals surface area contributed by atoms with E-state index in [9.17, 15) is 0 Å². The average Bonchev–Trinajstić information content (AvgIpc) is 1.64. The van der Waals surface area contributed by atoms with Gasteiger partial charge in [0.1, 0.15) is 0 Å². The monoisotopic (exact) mass is 332 g/mol. The van der Waals surface area contributed by atoms with Crippen LogP contribution in [0.1, 0.15) is 0 Å². The second-order valence-corrected chi connectivity index (χ2v) is 3.20. The smallest absolute Gasteiger partial charge is 0.0933 e. The van der Waals surface area contributed by atoms with Crippen molar-refractivity contribution in [3.05, 3.63) is 33.3 Å². The number of allylic oxidation sites excluding steroid dienone is 3. The Bertz CT molecular complexity index is 182. The van der Waals surface area contributed by atoms with E-state index < -0.39 is 0 Å². The van der Waals surface area contributed by atoms with Gasteiger partial charge in [0.25, 0.3) is 0 Å². The van der Waals surface area contributed by atoms with Crippen LogP contribution in [-0.4, -0.2) is 0 Å². The molecule has 1 aliphatic carbocycles. The maximum absolute atomic E-state index is 3.30. The summed E-state index contributed by atoms with van der Waals surface area (Å²) >= 11 is 6.60. The summed E-state index contributed by atoms with van der Waals surface area (Å²) in [6.45, 7) is 0. The minimum atomic E-state index is 0. The molecule has 0 atom stereocenters. The summed E-state index contributed by atoms with van der Waals surface area (Å²) in [6.07, 6.45) is 5.70. The fourth-order valence-electron chi connectivity index (χ4n) is 0.416. The molecule has 0 nitrogen and oxygen atoms in total. The van der Waals surface area contributed by atoms with Crippen molar-refractivity contribution < 1.29 is 31.9 Å². The van der Waals surface area contributed by atoms with Gasteiger partial charge in [0, 0.05) is 24.0 Å². The van der Waals surface area contributed by atoms with Crippen LogP contribution in [0.25, 0.3) is 0 Å². The van der Waals surface area contributed by atoms with E-state index in [4.69, 9.17) is 0 Å². The van der Waals surface area contributed by atoms with Crippen molar-refractivity contribution in [3.63, 3.8) is 0 Å². The molecule has 4 heteroatoms. The van der Waals surface area contributed by atoms with Crippen LogP contribution in [0.3, 0.4) is 0 Å². The predicted molar refractivity (Wildman–Crippen MR) is 41.8 cm³/mol. The molecule has 10 heavy (non-hydrogen) atoms. The molecular weight excluding hydrogens is 333 g/mol. The van der Waals surface area contributed by atoms with Gasteiger partial charge in [-0.15, -0.1) is 5.73 Å². The molecule has 0 aliphatic heterocycles. The molecule has 0 aromatic heterocycles. The Morgan fingerprint density at radius 2 is 1.80 bits per heavy atom. The van der Waals surface area contributed by atoms with Crippen molar-refractivity contribution >= 4 is 31.9 Å². The second-order valence-electron chi connectivity index (χ2n) is 1.37. The molecule has 0 unspecified atom stereocenters. The van der Waals surface area contributed by atoms with Crippen LogP contribution >= 0.6 is 31.9 Å². The molecule has 0 bridgehead atoms. The molecule has 51 valence electrons. The van der Waals surface area contributed by atoms with Crippen molar-refractivity contribution in [1.29, 1.82) is 0 Å². The van der Waals surface area contributed by atoms with Gasteiger partial charge < -0.3 is 12.4 Å². The van der Waals surface area contributed by atoms with Gasteiger partial charge in [-0.05, 0) is 18.2 Å². The zero-order valence-electron chi connectivity index (χ0n) is 5.07. The fourth-order valence-corrected chi connectivity index (χ4v) is 1.48. The number of hydrogen-bond donors (Lipinski definition) is 0. The van der Waals surface area contributed by atoms with Crippen molar-refractivity contribution in [3.8, 4) is 0 Å². The Hall–Kier alpha value is 1.13. The first-order valence-electron chi connectivity index (χ1n) is 2.11. The summed E-state index contributed by atoms with van der Waals surface area (Å²) < 4.78 is 1.05. The maximum Gasteiger partial charge on any atom is 0.0933 e. The minimum absolute atomic E-state index is 0. The van der Waals surface area contributed by atoms with E-state index in [2.05, 4.69) is 37.6 Å². The largest absolute Gasteiger partial charge is 1.00 e. The molecule has 0 aromatic rings. The SMILES string of the molecule is Br[C]1C=C=CC(Br)=C1.[Cl-].[Zn]. The Morgan fingerprint density at radius 1 is 1.20 bits per heavy atom. The molecule has 0 aromatic carbocycles. The van der Waals surface area contributed by atoms with E-state index in [0.717, 1.165) is 9.31 Å². The van der Waals surface area contributed by atoms with E-state index in [1.54, 1.807) is 0 Å². The summed E-state index contributed by atoms with van der Waals surface area (Å²) in [5.41, 5.74) is 2.94. The van der Waals surface area contributed by atoms with Crippen LogP contribution in [0, 0.1) is 4.83 Å². The maximum atomic E-state index is 3.30. The van der Waals surface area contributed by atoms with Gasteiger partial charge in [-0.1, -0.05) is 31.9 Å². The fraction of sp³-hybridized carbons (Fsp3) is 0. The van der Waals surface area contributed by atoms with E-state index in [0.29, 0.717) is 0 Å². The molecule has 0 fully saturated rings. The van der Waals surface area contributed by atoms with Crippen LogP contribution in [0.5, 0.6) is 0 Å². The summed E-state index contributed by atoms with van der Waals surface area (Å²) in [5.74, 6) is 0. The second kappa shape index (κ2) is 6.82. The number of halogens is 3. The van der Waals surface area contributed by atoms with Crippen LogP contribution in [0.2, 0.25) is 0 Å². The van der Waals surface area contributed by atoms with Gasteiger partial charge in [-0.25, -0.2) is 0 Å². The normalized spacial score (nSPS) is 15.2. The molecule has 1 radical (unpaired) electrons. The average molecular weight is 336 g/mol. The summed E-state index contributed by atoms with van der Waals surface area (Å²) in [5, 5.41) is 0. The predicted octanol–water partition coefficient (Wildman–Crippen LogP) is -0.0815. The molecule has 0 saturated heterocycles. The quantitative estimate of drug-likeness (QED) is 0.429. The molecule has 0 N–H and O–H groups in total. The van der Waals surface area contributed by atoms with Crippen molar-refractivity contribution in [2.24, 2.45) is 0 Å². The van der Waals surface area contributed by atoms with Crippen LogP contribution in [0.15, 0.2) is 28.4 Å². The topological polar surface area (TPSA) is 0 Å². The van der Waals surface area contributed by atoms with Crippen LogP contribution in [0.4, 0.5) is 0 Å². The third kappa shape index (κ3) is 4.87. The van der Waals surface area contributed by atoms with Gasteiger partial charge in [0.2, 0.25) is 0 Å². The summed E-state index contributed by atoms with van der Waals surface area (Å²) in [7, 11) is 0. The first-order valence-corrected chi connectivity index (χ1v) is 3.70. The molecule has 0 saturated carbocycles. The molecule has 1 aliphatic rings. The van der Waals surface area contributed by atoms with Gasteiger partial charge in [-0.2, -0.15) is 0 Å². The van der Waals surface area contributed by atoms with Gasteiger partial charge in [-0.3, -0.25) is 0 Å². The molecule has 1 rings (SSSR count). The standard InChI is InChI=1S/C6H3Br2.ClH.Zn/c7-5-2-1-3-6(8)4-5;;/h2-4H;1H;/p-1. The Morgan fingerprint density at radius 3 is 2.10 bits per heavy atom. The summed E-state index contributed by atoms with van der Waals surface area (Å²) in [6, 6.07) is 0. The van der Waals surface area contributed by atoms with Gasteiger partial charge in [0.05, 0.1) is 4.83 Å². The van der Waals surface area contributed by atoms with E-state index >= 15 is 0 Å². The Labute approximate surface area is 96.3 Å². The molecule has 0 spiro atoms. The van der Waals surface area contributed by atoms with Crippen molar-refractivity contribution in [2.75, 3.05) is 0 Å². The Balaban J connectivity index is 0. The third-order valence-corrected chi connectivity index (χ3v) is 1.63. The Kier molecular flexibility index (Phi) is 9.35. The minimum Gasteiger partial charge on any atom is -1.00 e. The van der Waals surface area contributed by atoms with E-state index in [1.165, 1.54) is 0 Å². The third-order valence-electron chi connectivity index (χ3n) is 0.718.